The minimum atomic E-state index is -5.69. The van der Waals surface area contributed by atoms with E-state index < -0.39 is 54.6 Å². The lowest BCUT2D eigenvalue weighted by molar-refractivity contribution is -0.0573. The number of phosphoric ester groups is 1. The first-order valence-corrected chi connectivity index (χ1v) is 12.2. The van der Waals surface area contributed by atoms with Crippen LogP contribution in [-0.4, -0.2) is 74.5 Å². The molecule has 0 aromatic carbocycles. The Kier molecular flexibility index (Phi) is 6.28. The third kappa shape index (κ3) is 5.15. The molecule has 0 aliphatic carbocycles. The number of anilines is 1. The summed E-state index contributed by atoms with van der Waals surface area (Å²) in [6.45, 7) is -0.939. The Bertz CT molecular complexity index is 1060. The van der Waals surface area contributed by atoms with E-state index >= 15 is 0 Å². The molecule has 170 valence electrons. The van der Waals surface area contributed by atoms with Crippen molar-refractivity contribution in [1.82, 2.24) is 19.7 Å². The fourth-order valence-corrected chi connectivity index (χ4v) is 5.56. The predicted octanol–water partition coefficient (Wildman–Crippen LogP) is -1.70. The highest BCUT2D eigenvalue weighted by Crippen LogP contribution is 2.66. The van der Waals surface area contributed by atoms with Crippen LogP contribution in [0.4, 0.5) is 5.82 Å². The van der Waals surface area contributed by atoms with Crippen LogP contribution in [0.15, 0.2) is 6.33 Å². The number of ether oxygens (including phenoxy) is 1. The van der Waals surface area contributed by atoms with Gasteiger partial charge in [-0.05, 0) is 0 Å². The van der Waals surface area contributed by atoms with E-state index in [9.17, 15) is 28.8 Å². The number of fused-ring (bicyclic) bond motifs is 1. The number of aromatic nitrogens is 4. The van der Waals surface area contributed by atoms with Gasteiger partial charge in [-0.3, -0.25) is 9.62 Å². The highest BCUT2D eigenvalue weighted by molar-refractivity contribution is 7.66. The van der Waals surface area contributed by atoms with Gasteiger partial charge in [0.15, 0.2) is 17.7 Å². The summed E-state index contributed by atoms with van der Waals surface area (Å²) in [6, 6.07) is 0. The van der Waals surface area contributed by atoms with Crippen molar-refractivity contribution in [1.29, 1.82) is 0 Å². The maximum absolute atomic E-state index is 11.7. The largest absolute Gasteiger partial charge is 0.490 e. The molecule has 21 heteroatoms. The number of nitrogens with two attached hydrogens (primary N) is 1. The monoisotopic (exact) mass is 495 g/mol. The van der Waals surface area contributed by atoms with Crippen molar-refractivity contribution >= 4 is 40.4 Å². The lowest BCUT2D eigenvalue weighted by atomic mass is 10.1. The zero-order valence-corrected chi connectivity index (χ0v) is 17.1. The van der Waals surface area contributed by atoms with Crippen LogP contribution < -0.4 is 5.73 Å². The molecular weight excluding hydrogens is 479 g/mol. The van der Waals surface area contributed by atoms with Gasteiger partial charge in [-0.25, -0.2) is 28.3 Å². The molecule has 1 aliphatic rings. The molecule has 0 radical (unpaired) electrons. The minimum Gasteiger partial charge on any atom is -0.387 e. The van der Waals surface area contributed by atoms with Crippen LogP contribution in [0.1, 0.15) is 6.23 Å². The van der Waals surface area contributed by atoms with Crippen LogP contribution in [0.2, 0.25) is 0 Å². The summed E-state index contributed by atoms with van der Waals surface area (Å²) in [6.07, 6.45) is -4.73. The molecule has 1 fully saturated rings. The standard InChI is InChI=1S/C9H16N5O13P3/c10-7-4-8(12-2-11-7)14(13-4)9-6(16)5(15)3(25-9)1-24-29(20,21)27-30(22,23)26-28(17,18)19/h2-3,5-6,9,13,15-16H,1H2,(H,20,21)(H,22,23)(H2,10,11,12)(H2,17,18,19)/t3-,5?,6+,9-/m1/s1. The van der Waals surface area contributed by atoms with Crippen LogP contribution >= 0.6 is 23.5 Å². The average Bonchev–Trinajstić information content (AvgIpc) is 2.80. The molecule has 3 rings (SSSR count). The molecule has 30 heavy (non-hydrogen) atoms. The van der Waals surface area contributed by atoms with Crippen LogP contribution in [0, 0.1) is 0 Å². The third-order valence-electron chi connectivity index (χ3n) is 3.73. The SMILES string of the molecule is Nc1ncnc2c1[nH]n2[C@@H]1O[C@H](COP(=O)(O)OP(=O)(O)OP(=O)(O)O)C(O)[C@@H]1O. The van der Waals surface area contributed by atoms with Gasteiger partial charge in [0.1, 0.15) is 30.2 Å². The quantitative estimate of drug-likeness (QED) is 0.189. The number of rotatable bonds is 8. The van der Waals surface area contributed by atoms with E-state index in [1.165, 1.54) is 4.68 Å². The number of hydrogen-bond donors (Lipinski definition) is 8. The van der Waals surface area contributed by atoms with Gasteiger partial charge in [0.05, 0.1) is 6.61 Å². The molecule has 1 aliphatic heterocycles. The van der Waals surface area contributed by atoms with E-state index in [0.717, 1.165) is 6.33 Å². The molecule has 0 saturated carbocycles. The lowest BCUT2D eigenvalue weighted by Gasteiger charge is -2.23. The molecule has 2 aromatic rings. The second-order valence-corrected chi connectivity index (χ2v) is 10.3. The summed E-state index contributed by atoms with van der Waals surface area (Å²) < 4.78 is 51.7. The number of nitrogen functional groups attached to an aromatic ring is 1. The van der Waals surface area contributed by atoms with Gasteiger partial charge < -0.3 is 40.3 Å². The smallest absolute Gasteiger partial charge is 0.387 e. The fourth-order valence-electron chi connectivity index (χ4n) is 2.54. The second-order valence-electron chi connectivity index (χ2n) is 5.87. The molecule has 0 bridgehead atoms. The van der Waals surface area contributed by atoms with Crippen molar-refractivity contribution in [3.63, 3.8) is 0 Å². The predicted molar refractivity (Wildman–Crippen MR) is 92.0 cm³/mol. The Morgan fingerprint density at radius 3 is 2.40 bits per heavy atom. The third-order valence-corrected chi connectivity index (χ3v) is 7.53. The zero-order valence-electron chi connectivity index (χ0n) is 14.4. The first-order chi connectivity index (χ1) is 13.7. The summed E-state index contributed by atoms with van der Waals surface area (Å²) in [5.74, 6) is 0.119. The fraction of sp³-hybridized carbons (Fsp3) is 0.556. The number of hydrogen-bond acceptors (Lipinski definition) is 12. The Balaban J connectivity index is 1.64. The molecule has 3 heterocycles. The normalized spacial score (nSPS) is 29.1. The molecular formula is C9H16N5O13P3. The Morgan fingerprint density at radius 1 is 1.10 bits per heavy atom. The van der Waals surface area contributed by atoms with E-state index in [-0.39, 0.29) is 11.5 Å². The number of aliphatic hydroxyl groups is 2. The number of aromatic amines is 1. The summed E-state index contributed by atoms with van der Waals surface area (Å²) in [5, 5.41) is 22.9. The van der Waals surface area contributed by atoms with Crippen molar-refractivity contribution in [2.45, 2.75) is 24.5 Å². The van der Waals surface area contributed by atoms with Gasteiger partial charge in [-0.2, -0.15) is 8.62 Å². The molecule has 2 aromatic heterocycles. The molecule has 18 nitrogen and oxygen atoms in total. The molecule has 1 saturated heterocycles. The van der Waals surface area contributed by atoms with Crippen LogP contribution in [-0.2, 0) is 31.6 Å². The van der Waals surface area contributed by atoms with Gasteiger partial charge in [-0.15, -0.1) is 0 Å². The topological polar surface area (TPSA) is 282 Å². The molecule has 0 amide bonds. The second kappa shape index (κ2) is 8.03. The Morgan fingerprint density at radius 2 is 1.77 bits per heavy atom. The van der Waals surface area contributed by atoms with E-state index in [4.69, 9.17) is 25.2 Å². The van der Waals surface area contributed by atoms with Gasteiger partial charge in [0, 0.05) is 0 Å². The van der Waals surface area contributed by atoms with Crippen molar-refractivity contribution in [2.24, 2.45) is 0 Å². The van der Waals surface area contributed by atoms with Crippen molar-refractivity contribution in [2.75, 3.05) is 12.3 Å². The van der Waals surface area contributed by atoms with Crippen molar-refractivity contribution in [3.05, 3.63) is 6.33 Å². The number of nitrogens with one attached hydrogen (secondary N) is 1. The molecule has 3 unspecified atom stereocenters. The first kappa shape index (κ1) is 23.4. The number of nitrogens with zero attached hydrogens (tertiary/aromatic N) is 3. The van der Waals surface area contributed by atoms with Gasteiger partial charge >= 0.3 is 23.5 Å². The Hall–Kier alpha value is -1.23. The molecule has 0 spiro atoms. The van der Waals surface area contributed by atoms with Crippen LogP contribution in [0.3, 0.4) is 0 Å². The van der Waals surface area contributed by atoms with Crippen LogP contribution in [0.25, 0.3) is 11.2 Å². The van der Waals surface area contributed by atoms with Crippen LogP contribution in [0.5, 0.6) is 0 Å². The summed E-state index contributed by atoms with van der Waals surface area (Å²) in [4.78, 5) is 43.1. The van der Waals surface area contributed by atoms with Gasteiger partial charge in [0.2, 0.25) is 0 Å². The zero-order chi connectivity index (χ0) is 22.5. The minimum absolute atomic E-state index is 0.119. The van der Waals surface area contributed by atoms with Gasteiger partial charge in [0.25, 0.3) is 0 Å². The molecule has 9 N–H and O–H groups in total. The van der Waals surface area contributed by atoms with E-state index in [1.807, 2.05) is 0 Å². The van der Waals surface area contributed by atoms with E-state index in [2.05, 4.69) is 28.2 Å². The lowest BCUT2D eigenvalue weighted by Crippen LogP contribution is -2.34. The van der Waals surface area contributed by atoms with Gasteiger partial charge in [-0.1, -0.05) is 0 Å². The highest BCUT2D eigenvalue weighted by atomic mass is 31.3. The summed E-state index contributed by atoms with van der Waals surface area (Å²) in [7, 11) is -16.6. The van der Waals surface area contributed by atoms with Crippen molar-refractivity contribution < 1.29 is 61.4 Å². The molecule has 6 atom stereocenters. The highest BCUT2D eigenvalue weighted by Gasteiger charge is 2.47. The van der Waals surface area contributed by atoms with Crippen molar-refractivity contribution in [3.8, 4) is 0 Å². The average molecular weight is 495 g/mol. The number of aliphatic hydroxyl groups excluding tert-OH is 2. The number of phosphoric acid groups is 3. The summed E-state index contributed by atoms with van der Waals surface area (Å²) >= 11 is 0. The number of H-pyrrole nitrogens is 1. The summed E-state index contributed by atoms with van der Waals surface area (Å²) in [5.41, 5.74) is 6.21. The first-order valence-electron chi connectivity index (χ1n) is 7.65. The van der Waals surface area contributed by atoms with E-state index in [1.54, 1.807) is 0 Å². The maximum atomic E-state index is 11.7. The maximum Gasteiger partial charge on any atom is 0.490 e. The van der Waals surface area contributed by atoms with E-state index in [0.29, 0.717) is 5.52 Å². The Labute approximate surface area is 165 Å².